The van der Waals surface area contributed by atoms with Gasteiger partial charge in [-0.25, -0.2) is 4.79 Å². The van der Waals surface area contributed by atoms with Gasteiger partial charge in [-0.15, -0.1) is 10.2 Å². The molecule has 1 aromatic carbocycles. The predicted molar refractivity (Wildman–Crippen MR) is 118 cm³/mol. The van der Waals surface area contributed by atoms with Gasteiger partial charge in [0, 0.05) is 7.05 Å². The minimum absolute atomic E-state index is 0.129. The maximum absolute atomic E-state index is 12.9. The zero-order valence-corrected chi connectivity index (χ0v) is 18.1. The lowest BCUT2D eigenvalue weighted by molar-refractivity contribution is 0.102. The SMILES string of the molecule is Cc1occc1-c1nnc(SCC(=O)c2c(N)n(Cc3ccccc3)c(=O)n(C)c2=O)o1. The second-order valence-corrected chi connectivity index (χ2v) is 7.88. The molecule has 11 heteroatoms. The molecule has 3 heterocycles. The Morgan fingerprint density at radius 3 is 2.59 bits per heavy atom. The molecule has 0 radical (unpaired) electrons. The van der Waals surface area contributed by atoms with Crippen LogP contribution in [0.5, 0.6) is 0 Å². The number of nitrogens with zero attached hydrogens (tertiary/aromatic N) is 4. The van der Waals surface area contributed by atoms with E-state index in [2.05, 4.69) is 10.2 Å². The van der Waals surface area contributed by atoms with Crippen LogP contribution < -0.4 is 17.0 Å². The van der Waals surface area contributed by atoms with Crippen LogP contribution in [0.15, 0.2) is 66.3 Å². The van der Waals surface area contributed by atoms with E-state index in [9.17, 15) is 14.4 Å². The van der Waals surface area contributed by atoms with Crippen LogP contribution >= 0.6 is 11.8 Å². The number of nitrogen functional groups attached to an aromatic ring is 1. The van der Waals surface area contributed by atoms with Crippen molar-refractivity contribution >= 4 is 23.4 Å². The Balaban J connectivity index is 1.58. The van der Waals surface area contributed by atoms with E-state index < -0.39 is 17.0 Å². The van der Waals surface area contributed by atoms with E-state index in [1.807, 2.05) is 30.3 Å². The molecular formula is C21H19N5O5S. The van der Waals surface area contributed by atoms with Crippen LogP contribution in [0, 0.1) is 6.92 Å². The third-order valence-corrected chi connectivity index (χ3v) is 5.69. The number of carbonyl (C=O) groups is 1. The normalized spacial score (nSPS) is 11.1. The molecule has 0 saturated heterocycles. The van der Waals surface area contributed by atoms with Gasteiger partial charge in [0.05, 0.1) is 24.1 Å². The number of hydrogen-bond donors (Lipinski definition) is 1. The van der Waals surface area contributed by atoms with Gasteiger partial charge < -0.3 is 14.6 Å². The third kappa shape index (κ3) is 4.02. The summed E-state index contributed by atoms with van der Waals surface area (Å²) in [5.41, 5.74) is 5.98. The lowest BCUT2D eigenvalue weighted by atomic mass is 10.2. The molecule has 164 valence electrons. The number of thioether (sulfide) groups is 1. The van der Waals surface area contributed by atoms with E-state index in [0.29, 0.717) is 11.3 Å². The lowest BCUT2D eigenvalue weighted by Crippen LogP contribution is -2.43. The quantitative estimate of drug-likeness (QED) is 0.329. The van der Waals surface area contributed by atoms with Gasteiger partial charge >= 0.3 is 5.69 Å². The van der Waals surface area contributed by atoms with Crippen molar-refractivity contribution in [1.29, 1.82) is 0 Å². The van der Waals surface area contributed by atoms with E-state index in [0.717, 1.165) is 21.9 Å². The van der Waals surface area contributed by atoms with Gasteiger partial charge in [0.1, 0.15) is 17.1 Å². The summed E-state index contributed by atoms with van der Waals surface area (Å²) in [6, 6.07) is 10.8. The molecule has 0 aliphatic rings. The van der Waals surface area contributed by atoms with Crippen molar-refractivity contribution in [2.45, 2.75) is 18.7 Å². The minimum atomic E-state index is -0.748. The highest BCUT2D eigenvalue weighted by Gasteiger charge is 2.23. The molecule has 0 aliphatic carbocycles. The smallest absolute Gasteiger partial charge is 0.332 e. The summed E-state index contributed by atoms with van der Waals surface area (Å²) in [5, 5.41) is 8.01. The number of furan rings is 1. The third-order valence-electron chi connectivity index (χ3n) is 4.87. The Bertz CT molecular complexity index is 1400. The van der Waals surface area contributed by atoms with E-state index >= 15 is 0 Å². The van der Waals surface area contributed by atoms with Gasteiger partial charge in [-0.3, -0.25) is 18.7 Å². The number of rotatable bonds is 7. The van der Waals surface area contributed by atoms with Gasteiger partial charge in [-0.05, 0) is 18.6 Å². The first kappa shape index (κ1) is 21.4. The van der Waals surface area contributed by atoms with Crippen LogP contribution in [0.25, 0.3) is 11.5 Å². The van der Waals surface area contributed by atoms with Crippen molar-refractivity contribution in [3.8, 4) is 11.5 Å². The van der Waals surface area contributed by atoms with Crippen LogP contribution in [0.3, 0.4) is 0 Å². The molecule has 0 spiro atoms. The highest BCUT2D eigenvalue weighted by atomic mass is 32.2. The predicted octanol–water partition coefficient (Wildman–Crippen LogP) is 2.10. The molecule has 10 nitrogen and oxygen atoms in total. The molecule has 4 rings (SSSR count). The molecule has 2 N–H and O–H groups in total. The van der Waals surface area contributed by atoms with Crippen LogP contribution in [-0.4, -0.2) is 30.9 Å². The Hall–Kier alpha value is -3.86. The summed E-state index contributed by atoms with van der Waals surface area (Å²) in [6.45, 7) is 1.89. The standard InChI is InChI=1S/C21H19N5O5S/c1-12-14(8-9-30-12)18-23-24-20(31-18)32-11-15(27)16-17(22)26(21(29)25(2)19(16)28)10-13-6-4-3-5-7-13/h3-9H,10-11,22H2,1-2H3. The van der Waals surface area contributed by atoms with Crippen molar-refractivity contribution in [2.75, 3.05) is 11.5 Å². The average Bonchev–Trinajstić information content (AvgIpc) is 3.43. The monoisotopic (exact) mass is 453 g/mol. The van der Waals surface area contributed by atoms with E-state index in [-0.39, 0.29) is 34.8 Å². The Kier molecular flexibility index (Phi) is 5.82. The summed E-state index contributed by atoms with van der Waals surface area (Å²) in [5.74, 6) is -0.00664. The van der Waals surface area contributed by atoms with Crippen LogP contribution in [0.4, 0.5) is 5.82 Å². The second-order valence-electron chi connectivity index (χ2n) is 6.95. The van der Waals surface area contributed by atoms with E-state index in [4.69, 9.17) is 14.6 Å². The van der Waals surface area contributed by atoms with Crippen LogP contribution in [0.2, 0.25) is 0 Å². The number of aromatic nitrogens is 4. The maximum atomic E-state index is 12.9. The van der Waals surface area contributed by atoms with Crippen LogP contribution in [-0.2, 0) is 13.6 Å². The lowest BCUT2D eigenvalue weighted by Gasteiger charge is -2.14. The first-order valence-corrected chi connectivity index (χ1v) is 10.5. The maximum Gasteiger partial charge on any atom is 0.332 e. The number of carbonyl (C=O) groups excluding carboxylic acids is 1. The van der Waals surface area contributed by atoms with Crippen molar-refractivity contribution < 1.29 is 13.6 Å². The Morgan fingerprint density at radius 2 is 1.91 bits per heavy atom. The number of Topliss-reactive ketones (excluding diaryl/α,β-unsaturated/α-hetero) is 1. The number of benzene rings is 1. The fourth-order valence-corrected chi connectivity index (χ4v) is 3.78. The number of anilines is 1. The molecule has 4 aromatic rings. The van der Waals surface area contributed by atoms with Gasteiger partial charge in [0.25, 0.3) is 16.7 Å². The summed E-state index contributed by atoms with van der Waals surface area (Å²) < 4.78 is 12.9. The Morgan fingerprint density at radius 1 is 1.16 bits per heavy atom. The molecule has 3 aromatic heterocycles. The Labute approximate surface area is 185 Å². The molecule has 32 heavy (non-hydrogen) atoms. The second kappa shape index (κ2) is 8.71. The van der Waals surface area contributed by atoms with Gasteiger partial charge in [-0.1, -0.05) is 42.1 Å². The fraction of sp³-hybridized carbons (Fsp3) is 0.190. The zero-order valence-electron chi connectivity index (χ0n) is 17.3. The molecular weight excluding hydrogens is 434 g/mol. The number of aryl methyl sites for hydroxylation is 1. The number of nitrogens with two attached hydrogens (primary N) is 1. The molecule has 0 fully saturated rings. The van der Waals surface area contributed by atoms with E-state index in [1.165, 1.54) is 17.9 Å². The summed E-state index contributed by atoms with van der Waals surface area (Å²) in [7, 11) is 1.31. The molecule has 0 saturated carbocycles. The van der Waals surface area contributed by atoms with E-state index in [1.54, 1.807) is 13.0 Å². The topological polar surface area (TPSA) is 139 Å². The summed E-state index contributed by atoms with van der Waals surface area (Å²) in [6.07, 6.45) is 1.51. The summed E-state index contributed by atoms with van der Waals surface area (Å²) >= 11 is 0.973. The average molecular weight is 453 g/mol. The number of hydrogen-bond acceptors (Lipinski definition) is 9. The first-order chi connectivity index (χ1) is 15.4. The first-order valence-electron chi connectivity index (χ1n) is 9.54. The van der Waals surface area contributed by atoms with Crippen molar-refractivity contribution in [3.05, 3.63) is 80.4 Å². The summed E-state index contributed by atoms with van der Waals surface area (Å²) in [4.78, 5) is 38.1. The molecule has 0 bridgehead atoms. The van der Waals surface area contributed by atoms with Crippen molar-refractivity contribution in [1.82, 2.24) is 19.3 Å². The fourth-order valence-electron chi connectivity index (χ4n) is 3.15. The number of ketones is 1. The van der Waals surface area contributed by atoms with Gasteiger partial charge in [0.2, 0.25) is 0 Å². The van der Waals surface area contributed by atoms with Gasteiger partial charge in [-0.2, -0.15) is 0 Å². The van der Waals surface area contributed by atoms with Crippen LogP contribution in [0.1, 0.15) is 21.7 Å². The molecule has 0 atom stereocenters. The molecule has 0 unspecified atom stereocenters. The van der Waals surface area contributed by atoms with Gasteiger partial charge in [0.15, 0.2) is 5.78 Å². The van der Waals surface area contributed by atoms with Crippen molar-refractivity contribution in [2.24, 2.45) is 7.05 Å². The largest absolute Gasteiger partial charge is 0.469 e. The minimum Gasteiger partial charge on any atom is -0.469 e. The highest BCUT2D eigenvalue weighted by molar-refractivity contribution is 7.99. The molecule has 0 amide bonds. The molecule has 0 aliphatic heterocycles. The highest BCUT2D eigenvalue weighted by Crippen LogP contribution is 2.26. The van der Waals surface area contributed by atoms with Crippen molar-refractivity contribution in [3.63, 3.8) is 0 Å². The zero-order chi connectivity index (χ0) is 22.8.